The van der Waals surface area contributed by atoms with Gasteiger partial charge in [-0.05, 0) is 57.8 Å². The Hall–Kier alpha value is -0.310. The van der Waals surface area contributed by atoms with E-state index < -0.39 is 19.1 Å². The van der Waals surface area contributed by atoms with Gasteiger partial charge >= 0.3 is 0 Å². The number of halogens is 1. The highest BCUT2D eigenvalue weighted by atomic mass is 19.1. The molecule has 5 fully saturated rings. The summed E-state index contributed by atoms with van der Waals surface area (Å²) in [4.78, 5) is 2.62. The summed E-state index contributed by atoms with van der Waals surface area (Å²) in [5.41, 5.74) is 3.50. The van der Waals surface area contributed by atoms with E-state index in [2.05, 4.69) is 31.3 Å². The summed E-state index contributed by atoms with van der Waals surface area (Å²) in [6.07, 6.45) is 5.04. The van der Waals surface area contributed by atoms with Crippen LogP contribution in [0.1, 0.15) is 49.5 Å². The molecule has 0 aromatic heterocycles. The number of nitrogens with zero attached hydrogens (tertiary/aromatic N) is 2. The molecule has 7 heteroatoms. The minimum absolute atomic E-state index is 0.191. The van der Waals surface area contributed by atoms with Gasteiger partial charge in [0.15, 0.2) is 0 Å². The minimum atomic E-state index is -2.03. The molecular weight excluding hydrogens is 343 g/mol. The van der Waals surface area contributed by atoms with Gasteiger partial charge in [-0.2, -0.15) is 0 Å². The van der Waals surface area contributed by atoms with E-state index in [1.54, 1.807) is 0 Å². The molecule has 6 nitrogen and oxygen atoms in total. The third kappa shape index (κ3) is 3.67. The molecular formula is C20H37FN6. The van der Waals surface area contributed by atoms with Gasteiger partial charge in [0, 0.05) is 54.3 Å². The number of hydrogen-bond acceptors (Lipinski definition) is 6. The molecule has 0 spiro atoms. The molecule has 5 saturated heterocycles. The predicted octanol–water partition coefficient (Wildman–Crippen LogP) is 0.621. The zero-order chi connectivity index (χ0) is 20.9. The predicted molar refractivity (Wildman–Crippen MR) is 105 cm³/mol. The van der Waals surface area contributed by atoms with E-state index in [9.17, 15) is 4.39 Å². The third-order valence-electron chi connectivity index (χ3n) is 7.62. The van der Waals surface area contributed by atoms with Crippen LogP contribution in [0.15, 0.2) is 0 Å². The Bertz CT molecular complexity index is 610. The number of alkyl halides is 1. The quantitative estimate of drug-likeness (QED) is 0.492. The van der Waals surface area contributed by atoms with Gasteiger partial charge in [0.05, 0.1) is 12.3 Å². The Morgan fingerprint density at radius 1 is 1.04 bits per heavy atom. The molecule has 4 N–H and O–H groups in total. The summed E-state index contributed by atoms with van der Waals surface area (Å²) in [5.74, 6) is 0.571. The largest absolute Gasteiger partial charge is 0.314 e. The SMILES string of the molecule is [2H]C([2H])([2H])[C@H]1CCC2NCC(F)CC2[C@@H]2CCCN2C2CCN3NCC(CN1)C3N2. The Morgan fingerprint density at radius 2 is 2.00 bits per heavy atom. The summed E-state index contributed by atoms with van der Waals surface area (Å²) in [5, 5.41) is 13.0. The Balaban J connectivity index is 1.43. The maximum atomic E-state index is 14.5. The molecule has 8 atom stereocenters. The van der Waals surface area contributed by atoms with Gasteiger partial charge < -0.3 is 10.6 Å². The molecule has 0 amide bonds. The number of piperidine rings is 1. The van der Waals surface area contributed by atoms with Crippen molar-refractivity contribution in [1.82, 2.24) is 31.3 Å². The molecule has 27 heavy (non-hydrogen) atoms. The lowest BCUT2D eigenvalue weighted by Crippen LogP contribution is -2.64. The van der Waals surface area contributed by atoms with E-state index in [0.29, 0.717) is 44.1 Å². The molecule has 0 aromatic rings. The first-order valence-electron chi connectivity index (χ1n) is 12.5. The smallest absolute Gasteiger partial charge is 0.113 e. The van der Waals surface area contributed by atoms with Crippen molar-refractivity contribution in [2.75, 3.05) is 32.7 Å². The van der Waals surface area contributed by atoms with E-state index in [-0.39, 0.29) is 18.1 Å². The summed E-state index contributed by atoms with van der Waals surface area (Å²) in [7, 11) is 0. The Labute approximate surface area is 167 Å². The van der Waals surface area contributed by atoms with E-state index in [4.69, 9.17) is 4.11 Å². The van der Waals surface area contributed by atoms with Gasteiger partial charge in [0.25, 0.3) is 0 Å². The zero-order valence-corrected chi connectivity index (χ0v) is 16.2. The third-order valence-corrected chi connectivity index (χ3v) is 7.62. The molecule has 0 radical (unpaired) electrons. The minimum Gasteiger partial charge on any atom is -0.314 e. The lowest BCUT2D eigenvalue weighted by molar-refractivity contribution is -0.00473. The maximum Gasteiger partial charge on any atom is 0.113 e. The van der Waals surface area contributed by atoms with E-state index in [1.165, 1.54) is 6.42 Å². The van der Waals surface area contributed by atoms with Crippen LogP contribution >= 0.6 is 0 Å². The van der Waals surface area contributed by atoms with E-state index in [1.807, 2.05) is 0 Å². The van der Waals surface area contributed by atoms with Crippen molar-refractivity contribution in [2.45, 2.75) is 82.0 Å². The fraction of sp³-hybridized carbons (Fsp3) is 1.00. The van der Waals surface area contributed by atoms with Crippen molar-refractivity contribution in [1.29, 1.82) is 0 Å². The first-order chi connectivity index (χ1) is 14.4. The highest BCUT2D eigenvalue weighted by molar-refractivity contribution is 5.00. The fourth-order valence-corrected chi connectivity index (χ4v) is 6.25. The molecule has 0 aromatic carbocycles. The van der Waals surface area contributed by atoms with Crippen LogP contribution in [0, 0.1) is 11.8 Å². The van der Waals surface area contributed by atoms with Gasteiger partial charge in [-0.15, -0.1) is 0 Å². The fourth-order valence-electron chi connectivity index (χ4n) is 6.25. The van der Waals surface area contributed by atoms with Gasteiger partial charge in [-0.3, -0.25) is 15.6 Å². The van der Waals surface area contributed by atoms with E-state index >= 15 is 0 Å². The molecule has 0 aliphatic carbocycles. The first-order valence-corrected chi connectivity index (χ1v) is 11.0. The average Bonchev–Trinajstić information content (AvgIpc) is 3.33. The van der Waals surface area contributed by atoms with Gasteiger partial charge in [-0.1, -0.05) is 0 Å². The zero-order valence-electron chi connectivity index (χ0n) is 19.2. The normalized spacial score (nSPS) is 51.7. The van der Waals surface area contributed by atoms with Crippen LogP contribution in [-0.2, 0) is 0 Å². The number of rotatable bonds is 0. The van der Waals surface area contributed by atoms with Crippen molar-refractivity contribution in [3.05, 3.63) is 0 Å². The number of nitrogens with one attached hydrogen (secondary N) is 4. The van der Waals surface area contributed by atoms with Crippen molar-refractivity contribution in [3.63, 3.8) is 0 Å². The molecule has 5 aliphatic rings. The second-order valence-corrected chi connectivity index (χ2v) is 9.23. The van der Waals surface area contributed by atoms with Crippen molar-refractivity contribution in [3.8, 4) is 0 Å². The van der Waals surface area contributed by atoms with Gasteiger partial charge in [-0.25, -0.2) is 9.40 Å². The van der Waals surface area contributed by atoms with Crippen LogP contribution in [0.5, 0.6) is 0 Å². The van der Waals surface area contributed by atoms with Crippen LogP contribution in [-0.4, -0.2) is 79.3 Å². The van der Waals surface area contributed by atoms with Crippen LogP contribution in [0.3, 0.4) is 0 Å². The molecule has 0 saturated carbocycles. The molecule has 5 heterocycles. The lowest BCUT2D eigenvalue weighted by atomic mass is 9.80. The van der Waals surface area contributed by atoms with Gasteiger partial charge in [0.1, 0.15) is 6.17 Å². The second kappa shape index (κ2) is 7.84. The van der Waals surface area contributed by atoms with Crippen molar-refractivity contribution in [2.24, 2.45) is 11.8 Å². The lowest BCUT2D eigenvalue weighted by Gasteiger charge is -2.47. The van der Waals surface area contributed by atoms with Crippen molar-refractivity contribution >= 4 is 0 Å². The highest BCUT2D eigenvalue weighted by Gasteiger charge is 2.46. The van der Waals surface area contributed by atoms with Crippen LogP contribution in [0.25, 0.3) is 0 Å². The monoisotopic (exact) mass is 383 g/mol. The first kappa shape index (κ1) is 15.5. The van der Waals surface area contributed by atoms with Gasteiger partial charge in [0.2, 0.25) is 0 Å². The molecule has 5 aliphatic heterocycles. The van der Waals surface area contributed by atoms with Crippen LogP contribution < -0.4 is 21.4 Å². The molecule has 2 bridgehead atoms. The highest BCUT2D eigenvalue weighted by Crippen LogP contribution is 2.36. The summed E-state index contributed by atoms with van der Waals surface area (Å²) in [6.45, 7) is 1.98. The topological polar surface area (TPSA) is 54.6 Å². The number of hydrazine groups is 1. The maximum absolute atomic E-state index is 14.5. The number of hydrogen-bond donors (Lipinski definition) is 4. The Kier molecular flexibility index (Phi) is 4.51. The molecule has 154 valence electrons. The van der Waals surface area contributed by atoms with Crippen LogP contribution in [0.2, 0.25) is 0 Å². The average molecular weight is 384 g/mol. The summed E-state index contributed by atoms with van der Waals surface area (Å²) < 4.78 is 38.6. The second-order valence-electron chi connectivity index (χ2n) is 9.23. The molecule has 6 unspecified atom stereocenters. The molecule has 5 rings (SSSR count). The van der Waals surface area contributed by atoms with E-state index in [0.717, 1.165) is 38.9 Å². The number of fused-ring (bicyclic) bond motifs is 5. The van der Waals surface area contributed by atoms with Crippen LogP contribution in [0.4, 0.5) is 4.39 Å². The van der Waals surface area contributed by atoms with Crippen molar-refractivity contribution < 1.29 is 8.50 Å². The standard InChI is InChI=1S/C20H37FN6/c1-13-4-5-17-16(9-15(21)12-23-17)18-3-2-7-26(18)19-6-8-27-20(25-19)14(10-22-13)11-24-27/h13-20,22-25H,2-12H2,1H3/t13-,14?,15?,16?,17?,18-,19?,20?/m0/s1/i1D3. The summed E-state index contributed by atoms with van der Waals surface area (Å²) in [6, 6.07) is 0.0472. The summed E-state index contributed by atoms with van der Waals surface area (Å²) >= 11 is 0. The Morgan fingerprint density at radius 3 is 2.93 bits per heavy atom.